The summed E-state index contributed by atoms with van der Waals surface area (Å²) in [6.07, 6.45) is 1.82. The van der Waals surface area contributed by atoms with Crippen LogP contribution in [0, 0.1) is 0 Å². The Labute approximate surface area is 125 Å². The highest BCUT2D eigenvalue weighted by atomic mass is 16.2. The lowest BCUT2D eigenvalue weighted by molar-refractivity contribution is 0.0949. The number of pyridine rings is 1. The van der Waals surface area contributed by atoms with E-state index in [9.17, 15) is 9.59 Å². The molecule has 1 aromatic carbocycles. The Kier molecular flexibility index (Phi) is 3.53. The number of fused-ring (bicyclic) bond motifs is 1. The molecule has 110 valence electrons. The van der Waals surface area contributed by atoms with Gasteiger partial charge in [-0.25, -0.2) is 0 Å². The zero-order valence-electron chi connectivity index (χ0n) is 11.6. The number of primary amides is 1. The molecule has 7 nitrogen and oxygen atoms in total. The highest BCUT2D eigenvalue weighted by molar-refractivity contribution is 5.99. The van der Waals surface area contributed by atoms with E-state index in [1.165, 1.54) is 6.07 Å². The Balaban J connectivity index is 1.75. The van der Waals surface area contributed by atoms with E-state index in [0.29, 0.717) is 22.6 Å². The maximum absolute atomic E-state index is 12.1. The van der Waals surface area contributed by atoms with Gasteiger partial charge in [-0.1, -0.05) is 12.1 Å². The monoisotopic (exact) mass is 295 g/mol. The molecule has 3 aromatic rings. The predicted molar refractivity (Wildman–Crippen MR) is 79.1 cm³/mol. The number of aromatic nitrogens is 3. The topological polar surface area (TPSA) is 102 Å². The highest BCUT2D eigenvalue weighted by Crippen LogP contribution is 2.06. The van der Waals surface area contributed by atoms with Gasteiger partial charge in [-0.05, 0) is 30.3 Å². The fourth-order valence-corrected chi connectivity index (χ4v) is 2.09. The molecular formula is C15H13N5O2. The van der Waals surface area contributed by atoms with Gasteiger partial charge in [0.1, 0.15) is 0 Å². The van der Waals surface area contributed by atoms with Crippen LogP contribution in [0.25, 0.3) is 5.65 Å². The highest BCUT2D eigenvalue weighted by Gasteiger charge is 2.10. The van der Waals surface area contributed by atoms with Crippen LogP contribution in [-0.4, -0.2) is 26.4 Å². The van der Waals surface area contributed by atoms with Gasteiger partial charge in [0.25, 0.3) is 5.91 Å². The Morgan fingerprint density at radius 3 is 2.73 bits per heavy atom. The van der Waals surface area contributed by atoms with Crippen LogP contribution < -0.4 is 11.1 Å². The summed E-state index contributed by atoms with van der Waals surface area (Å²) in [5.74, 6) is -0.260. The Morgan fingerprint density at radius 1 is 1.09 bits per heavy atom. The number of carbonyl (C=O) groups excluding carboxylic acids is 2. The second-order valence-corrected chi connectivity index (χ2v) is 4.67. The van der Waals surface area contributed by atoms with Gasteiger partial charge in [-0.3, -0.25) is 14.0 Å². The minimum absolute atomic E-state index is 0.227. The molecule has 0 fully saturated rings. The minimum atomic E-state index is -0.571. The van der Waals surface area contributed by atoms with E-state index in [4.69, 9.17) is 5.73 Å². The minimum Gasteiger partial charge on any atom is -0.366 e. The van der Waals surface area contributed by atoms with Gasteiger partial charge in [0.2, 0.25) is 5.91 Å². The van der Waals surface area contributed by atoms with Crippen molar-refractivity contribution in [3.05, 3.63) is 65.6 Å². The fourth-order valence-electron chi connectivity index (χ4n) is 2.09. The number of nitrogens with one attached hydrogen (secondary N) is 1. The van der Waals surface area contributed by atoms with Crippen LogP contribution in [0.4, 0.5) is 0 Å². The third-order valence-electron chi connectivity index (χ3n) is 3.20. The average molecular weight is 295 g/mol. The molecule has 0 radical (unpaired) electrons. The molecular weight excluding hydrogens is 282 g/mol. The van der Waals surface area contributed by atoms with Crippen LogP contribution in [0.3, 0.4) is 0 Å². The van der Waals surface area contributed by atoms with E-state index >= 15 is 0 Å². The molecule has 2 heterocycles. The molecule has 0 atom stereocenters. The average Bonchev–Trinajstić information content (AvgIpc) is 2.96. The van der Waals surface area contributed by atoms with Crippen LogP contribution in [0.1, 0.15) is 26.5 Å². The number of amides is 2. The molecule has 0 spiro atoms. The molecule has 3 rings (SSSR count). The van der Waals surface area contributed by atoms with Crippen molar-refractivity contribution in [3.8, 4) is 0 Å². The smallest absolute Gasteiger partial charge is 0.251 e. The zero-order chi connectivity index (χ0) is 15.5. The lowest BCUT2D eigenvalue weighted by atomic mass is 10.1. The van der Waals surface area contributed by atoms with Crippen LogP contribution in [0.15, 0.2) is 48.7 Å². The number of rotatable bonds is 4. The summed E-state index contributed by atoms with van der Waals surface area (Å²) in [6, 6.07) is 11.8. The van der Waals surface area contributed by atoms with E-state index in [2.05, 4.69) is 15.5 Å². The van der Waals surface area contributed by atoms with Crippen LogP contribution in [-0.2, 0) is 6.54 Å². The number of benzene rings is 1. The largest absolute Gasteiger partial charge is 0.366 e. The summed E-state index contributed by atoms with van der Waals surface area (Å²) in [6.45, 7) is 0.227. The molecule has 7 heteroatoms. The summed E-state index contributed by atoms with van der Waals surface area (Å²) in [4.78, 5) is 23.3. The number of hydrogen-bond acceptors (Lipinski definition) is 4. The molecule has 3 N–H and O–H groups in total. The van der Waals surface area contributed by atoms with Crippen molar-refractivity contribution >= 4 is 17.5 Å². The third-order valence-corrected chi connectivity index (χ3v) is 3.20. The normalized spacial score (nSPS) is 10.5. The molecule has 2 amide bonds. The van der Waals surface area contributed by atoms with Gasteiger partial charge in [0.05, 0.1) is 6.54 Å². The maximum Gasteiger partial charge on any atom is 0.251 e. The molecule has 22 heavy (non-hydrogen) atoms. The second-order valence-electron chi connectivity index (χ2n) is 4.67. The third kappa shape index (κ3) is 2.64. The van der Waals surface area contributed by atoms with Crippen molar-refractivity contribution in [2.45, 2.75) is 6.54 Å². The van der Waals surface area contributed by atoms with Crippen molar-refractivity contribution in [2.75, 3.05) is 0 Å². The van der Waals surface area contributed by atoms with Gasteiger partial charge in [-0.2, -0.15) is 0 Å². The molecule has 0 bridgehead atoms. The van der Waals surface area contributed by atoms with Crippen molar-refractivity contribution in [2.24, 2.45) is 5.73 Å². The summed E-state index contributed by atoms with van der Waals surface area (Å²) >= 11 is 0. The van der Waals surface area contributed by atoms with Gasteiger partial charge in [-0.15, -0.1) is 10.2 Å². The van der Waals surface area contributed by atoms with Crippen LogP contribution in [0.2, 0.25) is 0 Å². The van der Waals surface area contributed by atoms with Gasteiger partial charge in [0.15, 0.2) is 11.5 Å². The SMILES string of the molecule is NC(=O)c1cccc(C(=O)NCc2nnc3ccccn23)c1. The Bertz CT molecular complexity index is 856. The van der Waals surface area contributed by atoms with Crippen molar-refractivity contribution in [3.63, 3.8) is 0 Å². The summed E-state index contributed by atoms with van der Waals surface area (Å²) in [7, 11) is 0. The van der Waals surface area contributed by atoms with Crippen LogP contribution in [0.5, 0.6) is 0 Å². The molecule has 0 unspecified atom stereocenters. The fraction of sp³-hybridized carbons (Fsp3) is 0.0667. The summed E-state index contributed by atoms with van der Waals surface area (Å²) < 4.78 is 1.79. The molecule has 0 aliphatic carbocycles. The van der Waals surface area contributed by atoms with E-state index < -0.39 is 5.91 Å². The van der Waals surface area contributed by atoms with Crippen LogP contribution >= 0.6 is 0 Å². The first kappa shape index (κ1) is 13.7. The number of carbonyl (C=O) groups is 2. The zero-order valence-corrected chi connectivity index (χ0v) is 11.6. The number of hydrogen-bond donors (Lipinski definition) is 2. The van der Waals surface area contributed by atoms with Gasteiger partial charge >= 0.3 is 0 Å². The first-order valence-electron chi connectivity index (χ1n) is 6.62. The van der Waals surface area contributed by atoms with Crippen molar-refractivity contribution < 1.29 is 9.59 Å². The lowest BCUT2D eigenvalue weighted by Gasteiger charge is -2.05. The standard InChI is InChI=1S/C15H13N5O2/c16-14(21)10-4-3-5-11(8-10)15(22)17-9-13-19-18-12-6-1-2-7-20(12)13/h1-8H,9H2,(H2,16,21)(H,17,22). The molecule has 0 saturated heterocycles. The van der Waals surface area contributed by atoms with E-state index in [-0.39, 0.29) is 12.5 Å². The van der Waals surface area contributed by atoms with Crippen molar-refractivity contribution in [1.82, 2.24) is 19.9 Å². The molecule has 2 aromatic heterocycles. The Morgan fingerprint density at radius 2 is 1.91 bits per heavy atom. The quantitative estimate of drug-likeness (QED) is 0.741. The molecule has 0 aliphatic heterocycles. The Hall–Kier alpha value is -3.22. The lowest BCUT2D eigenvalue weighted by Crippen LogP contribution is -2.24. The second kappa shape index (κ2) is 5.65. The molecule has 0 saturated carbocycles. The van der Waals surface area contributed by atoms with Crippen molar-refractivity contribution in [1.29, 1.82) is 0 Å². The number of nitrogens with two attached hydrogens (primary N) is 1. The van der Waals surface area contributed by atoms with Gasteiger partial charge < -0.3 is 11.1 Å². The predicted octanol–water partition coefficient (Wildman–Crippen LogP) is 0.758. The maximum atomic E-state index is 12.1. The first-order chi connectivity index (χ1) is 10.6. The summed E-state index contributed by atoms with van der Waals surface area (Å²) in [5, 5.41) is 10.8. The van der Waals surface area contributed by atoms with E-state index in [1.807, 2.05) is 24.4 Å². The van der Waals surface area contributed by atoms with E-state index in [1.54, 1.807) is 22.6 Å². The molecule has 0 aliphatic rings. The van der Waals surface area contributed by atoms with E-state index in [0.717, 1.165) is 0 Å². The summed E-state index contributed by atoms with van der Waals surface area (Å²) in [5.41, 5.74) is 6.57. The number of nitrogens with zero attached hydrogens (tertiary/aromatic N) is 3. The van der Waals surface area contributed by atoms with Gasteiger partial charge in [0, 0.05) is 17.3 Å². The first-order valence-corrected chi connectivity index (χ1v) is 6.62.